The third-order valence-electron chi connectivity index (χ3n) is 3.09. The maximum Gasteiger partial charge on any atom is 0.157 e. The van der Waals surface area contributed by atoms with Crippen molar-refractivity contribution in [3.05, 3.63) is 35.9 Å². The van der Waals surface area contributed by atoms with Crippen molar-refractivity contribution in [3.63, 3.8) is 0 Å². The number of thiocarbonyl (C=S) groups is 1. The summed E-state index contributed by atoms with van der Waals surface area (Å²) in [5.74, 6) is 0. The first-order valence-electron chi connectivity index (χ1n) is 6.66. The van der Waals surface area contributed by atoms with Crippen LogP contribution in [0.1, 0.15) is 25.3 Å². The molecule has 1 saturated heterocycles. The quantitative estimate of drug-likeness (QED) is 0.775. The average molecular weight is 280 g/mol. The Morgan fingerprint density at radius 3 is 2.89 bits per heavy atom. The van der Waals surface area contributed by atoms with Gasteiger partial charge < -0.3 is 14.2 Å². The van der Waals surface area contributed by atoms with Gasteiger partial charge in [-0.3, -0.25) is 0 Å². The van der Waals surface area contributed by atoms with Gasteiger partial charge in [-0.15, -0.1) is 0 Å². The molecule has 0 amide bonds. The fourth-order valence-corrected chi connectivity index (χ4v) is 2.31. The van der Waals surface area contributed by atoms with Gasteiger partial charge in [-0.2, -0.15) is 0 Å². The summed E-state index contributed by atoms with van der Waals surface area (Å²) in [6.45, 7) is 3.72. The van der Waals surface area contributed by atoms with Crippen molar-refractivity contribution >= 4 is 17.3 Å². The molecule has 0 N–H and O–H groups in total. The summed E-state index contributed by atoms with van der Waals surface area (Å²) in [5, 5.41) is 0.573. The molecule has 0 aromatic heterocycles. The second-order valence-corrected chi connectivity index (χ2v) is 5.27. The van der Waals surface area contributed by atoms with Gasteiger partial charge in [0.2, 0.25) is 0 Å². The third kappa shape index (κ3) is 4.90. The topological polar surface area (TPSA) is 27.7 Å². The molecule has 0 saturated carbocycles. The molecule has 1 aliphatic rings. The Labute approximate surface area is 119 Å². The Balaban J connectivity index is 1.78. The van der Waals surface area contributed by atoms with Crippen LogP contribution in [0.3, 0.4) is 0 Å². The molecule has 104 valence electrons. The predicted octanol–water partition coefficient (Wildman–Crippen LogP) is 3.11. The smallest absolute Gasteiger partial charge is 0.157 e. The summed E-state index contributed by atoms with van der Waals surface area (Å²) in [4.78, 5) is 0. The van der Waals surface area contributed by atoms with Crippen molar-refractivity contribution in [1.29, 1.82) is 0 Å². The van der Waals surface area contributed by atoms with Crippen molar-refractivity contribution in [2.24, 2.45) is 0 Å². The molecular formula is C15H20O3S. The highest BCUT2D eigenvalue weighted by Crippen LogP contribution is 2.18. The van der Waals surface area contributed by atoms with E-state index in [1.165, 1.54) is 5.56 Å². The highest BCUT2D eigenvalue weighted by atomic mass is 32.1. The fraction of sp³-hybridized carbons (Fsp3) is 0.533. The molecule has 0 spiro atoms. The van der Waals surface area contributed by atoms with Gasteiger partial charge in [0.15, 0.2) is 5.05 Å². The minimum atomic E-state index is -0.0182. The van der Waals surface area contributed by atoms with Gasteiger partial charge in [-0.1, -0.05) is 30.3 Å². The molecule has 3 nitrogen and oxygen atoms in total. The lowest BCUT2D eigenvalue weighted by Crippen LogP contribution is -2.40. The Hall–Kier alpha value is -0.970. The van der Waals surface area contributed by atoms with E-state index in [1.807, 2.05) is 18.2 Å². The molecule has 0 bridgehead atoms. The van der Waals surface area contributed by atoms with E-state index in [-0.39, 0.29) is 12.2 Å². The minimum Gasteiger partial charge on any atom is -0.481 e. The van der Waals surface area contributed by atoms with E-state index < -0.39 is 0 Å². The predicted molar refractivity (Wildman–Crippen MR) is 78.2 cm³/mol. The molecule has 1 aromatic rings. The Bertz CT molecular complexity index is 394. The maximum atomic E-state index is 5.72. The van der Waals surface area contributed by atoms with Crippen LogP contribution in [0.4, 0.5) is 0 Å². The second-order valence-electron chi connectivity index (χ2n) is 4.70. The van der Waals surface area contributed by atoms with E-state index in [1.54, 1.807) is 6.92 Å². The van der Waals surface area contributed by atoms with Crippen molar-refractivity contribution in [1.82, 2.24) is 0 Å². The first-order valence-corrected chi connectivity index (χ1v) is 7.07. The van der Waals surface area contributed by atoms with Crippen LogP contribution in [0, 0.1) is 0 Å². The van der Waals surface area contributed by atoms with Crippen LogP contribution in [0.5, 0.6) is 0 Å². The van der Waals surface area contributed by atoms with E-state index in [0.29, 0.717) is 18.3 Å². The van der Waals surface area contributed by atoms with Gasteiger partial charge in [0.25, 0.3) is 0 Å². The zero-order valence-electron chi connectivity index (χ0n) is 11.2. The van der Waals surface area contributed by atoms with E-state index in [2.05, 4.69) is 12.1 Å². The number of benzene rings is 1. The summed E-state index contributed by atoms with van der Waals surface area (Å²) < 4.78 is 17.1. The summed E-state index contributed by atoms with van der Waals surface area (Å²) in [5.41, 5.74) is 1.17. The lowest BCUT2D eigenvalue weighted by Gasteiger charge is -2.31. The van der Waals surface area contributed by atoms with Crippen molar-refractivity contribution < 1.29 is 14.2 Å². The molecule has 1 heterocycles. The standard InChI is InChI=1S/C15H20O3S/c1-12(19)18-14-8-5-9-17-15(14)11-16-10-13-6-3-2-4-7-13/h2-4,6-7,14-15H,5,8-11H2,1H3/t14-,15-/m0/s1. The van der Waals surface area contributed by atoms with E-state index in [0.717, 1.165) is 19.4 Å². The average Bonchev–Trinajstić information content (AvgIpc) is 2.41. The fourth-order valence-electron chi connectivity index (χ4n) is 2.18. The van der Waals surface area contributed by atoms with Gasteiger partial charge >= 0.3 is 0 Å². The Morgan fingerprint density at radius 2 is 2.16 bits per heavy atom. The molecule has 2 atom stereocenters. The number of rotatable bonds is 5. The second kappa shape index (κ2) is 7.58. The van der Waals surface area contributed by atoms with Gasteiger partial charge in [0, 0.05) is 13.5 Å². The van der Waals surface area contributed by atoms with Crippen molar-refractivity contribution in [3.8, 4) is 0 Å². The number of ether oxygens (including phenoxy) is 3. The van der Waals surface area contributed by atoms with Gasteiger partial charge in [-0.25, -0.2) is 0 Å². The van der Waals surface area contributed by atoms with Crippen molar-refractivity contribution in [2.45, 2.75) is 38.6 Å². The number of hydrogen-bond donors (Lipinski definition) is 0. The monoisotopic (exact) mass is 280 g/mol. The van der Waals surface area contributed by atoms with Gasteiger partial charge in [-0.05, 0) is 30.6 Å². The summed E-state index contributed by atoms with van der Waals surface area (Å²) in [7, 11) is 0. The molecule has 1 aromatic carbocycles. The maximum absolute atomic E-state index is 5.72. The zero-order chi connectivity index (χ0) is 13.5. The summed E-state index contributed by atoms with van der Waals surface area (Å²) in [6, 6.07) is 10.1. The summed E-state index contributed by atoms with van der Waals surface area (Å²) in [6.07, 6.45) is 2.01. The highest BCUT2D eigenvalue weighted by Gasteiger charge is 2.27. The van der Waals surface area contributed by atoms with Crippen LogP contribution < -0.4 is 0 Å². The molecule has 4 heteroatoms. The van der Waals surface area contributed by atoms with E-state index in [4.69, 9.17) is 26.4 Å². The molecule has 1 aliphatic heterocycles. The third-order valence-corrected chi connectivity index (χ3v) is 3.19. The van der Waals surface area contributed by atoms with E-state index >= 15 is 0 Å². The normalized spacial score (nSPS) is 23.0. The molecule has 0 aliphatic carbocycles. The van der Waals surface area contributed by atoms with Crippen LogP contribution >= 0.6 is 12.2 Å². The molecule has 2 rings (SSSR count). The molecule has 1 fully saturated rings. The van der Waals surface area contributed by atoms with Crippen molar-refractivity contribution in [2.75, 3.05) is 13.2 Å². The van der Waals surface area contributed by atoms with Crippen LogP contribution in [0.2, 0.25) is 0 Å². The molecular weight excluding hydrogens is 260 g/mol. The van der Waals surface area contributed by atoms with E-state index in [9.17, 15) is 0 Å². The molecule has 0 radical (unpaired) electrons. The van der Waals surface area contributed by atoms with Crippen LogP contribution in [-0.2, 0) is 20.8 Å². The first kappa shape index (κ1) is 14.4. The zero-order valence-corrected chi connectivity index (χ0v) is 12.0. The lowest BCUT2D eigenvalue weighted by atomic mass is 10.1. The minimum absolute atomic E-state index is 0.0182. The van der Waals surface area contributed by atoms with Gasteiger partial charge in [0.05, 0.1) is 13.2 Å². The lowest BCUT2D eigenvalue weighted by molar-refractivity contribution is -0.104. The molecule has 19 heavy (non-hydrogen) atoms. The first-order chi connectivity index (χ1) is 9.25. The Kier molecular flexibility index (Phi) is 5.76. The SMILES string of the molecule is CC(=S)O[C@H]1CCCO[C@H]1COCc1ccccc1. The number of hydrogen-bond acceptors (Lipinski definition) is 4. The van der Waals surface area contributed by atoms with Crippen LogP contribution in [-0.4, -0.2) is 30.5 Å². The molecule has 0 unspecified atom stereocenters. The van der Waals surface area contributed by atoms with Crippen LogP contribution in [0.15, 0.2) is 30.3 Å². The highest BCUT2D eigenvalue weighted by molar-refractivity contribution is 7.80. The van der Waals surface area contributed by atoms with Gasteiger partial charge in [0.1, 0.15) is 12.2 Å². The Morgan fingerprint density at radius 1 is 1.37 bits per heavy atom. The van der Waals surface area contributed by atoms with Crippen LogP contribution in [0.25, 0.3) is 0 Å². The largest absolute Gasteiger partial charge is 0.481 e. The summed E-state index contributed by atoms with van der Waals surface area (Å²) >= 11 is 5.00.